The largest absolute Gasteiger partial charge is 0.298 e. The van der Waals surface area contributed by atoms with E-state index in [-0.39, 0.29) is 5.91 Å². The number of nitrogens with zero attached hydrogens (tertiary/aromatic N) is 2. The molecule has 2 aromatic carbocycles. The van der Waals surface area contributed by atoms with Gasteiger partial charge in [-0.3, -0.25) is 10.1 Å². The average Bonchev–Trinajstić information content (AvgIpc) is 3.12. The molecule has 0 radical (unpaired) electrons. The Morgan fingerprint density at radius 1 is 1.22 bits per heavy atom. The van der Waals surface area contributed by atoms with Crippen molar-refractivity contribution in [3.05, 3.63) is 52.0 Å². The van der Waals surface area contributed by atoms with Gasteiger partial charge in [0, 0.05) is 10.6 Å². The summed E-state index contributed by atoms with van der Waals surface area (Å²) in [4.78, 5) is 21.1. The van der Waals surface area contributed by atoms with Gasteiger partial charge >= 0.3 is 0 Å². The molecule has 114 valence electrons. The van der Waals surface area contributed by atoms with Gasteiger partial charge in [0.1, 0.15) is 0 Å². The van der Waals surface area contributed by atoms with Gasteiger partial charge in [-0.25, -0.2) is 9.97 Å². The van der Waals surface area contributed by atoms with E-state index in [1.807, 2.05) is 31.2 Å². The number of carbonyl (C=O) groups is 1. The van der Waals surface area contributed by atoms with Crippen molar-refractivity contribution < 1.29 is 4.79 Å². The summed E-state index contributed by atoms with van der Waals surface area (Å²) in [6.45, 7) is 1.96. The Balaban J connectivity index is 1.66. The molecule has 0 saturated heterocycles. The quantitative estimate of drug-likeness (QED) is 0.540. The summed E-state index contributed by atoms with van der Waals surface area (Å²) >= 11 is 9.00. The van der Waals surface area contributed by atoms with Crippen molar-refractivity contribution in [1.29, 1.82) is 0 Å². The maximum absolute atomic E-state index is 12.4. The van der Waals surface area contributed by atoms with E-state index in [0.717, 1.165) is 26.0 Å². The van der Waals surface area contributed by atoms with Crippen LogP contribution in [0.4, 0.5) is 5.13 Å². The molecule has 0 fully saturated rings. The summed E-state index contributed by atoms with van der Waals surface area (Å²) in [6, 6.07) is 9.20. The van der Waals surface area contributed by atoms with E-state index in [4.69, 9.17) is 11.6 Å². The van der Waals surface area contributed by atoms with Crippen LogP contribution >= 0.6 is 34.3 Å². The van der Waals surface area contributed by atoms with Crippen LogP contribution < -0.4 is 5.32 Å². The SMILES string of the molecule is Cc1cc(Cl)cc2sc(NC(=O)c3ccc4ncsc4c3)nc12. The molecular weight excluding hydrogens is 350 g/mol. The van der Waals surface area contributed by atoms with Gasteiger partial charge in [-0.1, -0.05) is 22.9 Å². The van der Waals surface area contributed by atoms with Crippen molar-refractivity contribution >= 4 is 65.7 Å². The Bertz CT molecular complexity index is 1050. The maximum Gasteiger partial charge on any atom is 0.257 e. The molecule has 2 aromatic heterocycles. The summed E-state index contributed by atoms with van der Waals surface area (Å²) in [5.41, 5.74) is 5.13. The van der Waals surface area contributed by atoms with Gasteiger partial charge in [-0.2, -0.15) is 0 Å². The van der Waals surface area contributed by atoms with Crippen LogP contribution in [0.1, 0.15) is 15.9 Å². The lowest BCUT2D eigenvalue weighted by Crippen LogP contribution is -2.11. The van der Waals surface area contributed by atoms with Gasteiger partial charge < -0.3 is 0 Å². The van der Waals surface area contributed by atoms with Gasteiger partial charge in [0.25, 0.3) is 5.91 Å². The highest BCUT2D eigenvalue weighted by Gasteiger charge is 2.12. The molecule has 0 atom stereocenters. The van der Waals surface area contributed by atoms with Crippen LogP contribution in [0.5, 0.6) is 0 Å². The molecule has 0 aliphatic carbocycles. The third-order valence-corrected chi connectivity index (χ3v) is 5.39. The fraction of sp³-hybridized carbons (Fsp3) is 0.0625. The smallest absolute Gasteiger partial charge is 0.257 e. The minimum atomic E-state index is -0.178. The van der Waals surface area contributed by atoms with Crippen LogP contribution in [0.25, 0.3) is 20.4 Å². The summed E-state index contributed by atoms with van der Waals surface area (Å²) in [7, 11) is 0. The van der Waals surface area contributed by atoms with Crippen LogP contribution in [-0.2, 0) is 0 Å². The third kappa shape index (κ3) is 2.69. The number of benzene rings is 2. The minimum Gasteiger partial charge on any atom is -0.298 e. The number of hydrogen-bond acceptors (Lipinski definition) is 5. The van der Waals surface area contributed by atoms with Crippen molar-refractivity contribution in [3.8, 4) is 0 Å². The predicted molar refractivity (Wildman–Crippen MR) is 96.9 cm³/mol. The second-order valence-corrected chi connectivity index (χ2v) is 7.43. The van der Waals surface area contributed by atoms with Crippen molar-refractivity contribution in [1.82, 2.24) is 9.97 Å². The van der Waals surface area contributed by atoms with E-state index in [9.17, 15) is 4.79 Å². The first-order valence-electron chi connectivity index (χ1n) is 6.81. The zero-order chi connectivity index (χ0) is 16.0. The van der Waals surface area contributed by atoms with E-state index in [1.54, 1.807) is 11.6 Å². The molecule has 4 nitrogen and oxygen atoms in total. The summed E-state index contributed by atoms with van der Waals surface area (Å²) in [5.74, 6) is -0.178. The first-order valence-corrected chi connectivity index (χ1v) is 8.89. The number of rotatable bonds is 2. The van der Waals surface area contributed by atoms with Crippen molar-refractivity contribution in [2.45, 2.75) is 6.92 Å². The summed E-state index contributed by atoms with van der Waals surface area (Å²) < 4.78 is 1.95. The Hall–Kier alpha value is -2.02. The number of hydrogen-bond donors (Lipinski definition) is 1. The monoisotopic (exact) mass is 359 g/mol. The zero-order valence-electron chi connectivity index (χ0n) is 12.0. The number of amides is 1. The Morgan fingerprint density at radius 2 is 2.09 bits per heavy atom. The van der Waals surface area contributed by atoms with Gasteiger partial charge in [0.05, 0.1) is 25.9 Å². The fourth-order valence-electron chi connectivity index (χ4n) is 2.37. The van der Waals surface area contributed by atoms with E-state index >= 15 is 0 Å². The molecule has 0 aliphatic rings. The van der Waals surface area contributed by atoms with Crippen LogP contribution in [0.15, 0.2) is 35.8 Å². The van der Waals surface area contributed by atoms with Gasteiger partial charge in [-0.05, 0) is 42.8 Å². The molecule has 0 bridgehead atoms. The molecule has 1 N–H and O–H groups in total. The molecule has 0 saturated carbocycles. The van der Waals surface area contributed by atoms with Crippen molar-refractivity contribution in [3.63, 3.8) is 0 Å². The molecule has 0 unspecified atom stereocenters. The second-order valence-electron chi connectivity index (χ2n) is 5.08. The van der Waals surface area contributed by atoms with Gasteiger partial charge in [0.15, 0.2) is 5.13 Å². The van der Waals surface area contributed by atoms with Gasteiger partial charge in [-0.15, -0.1) is 11.3 Å². The fourth-order valence-corrected chi connectivity index (χ4v) is 4.41. The highest BCUT2D eigenvalue weighted by atomic mass is 35.5. The molecule has 7 heteroatoms. The van der Waals surface area contributed by atoms with Crippen LogP contribution in [-0.4, -0.2) is 15.9 Å². The highest BCUT2D eigenvalue weighted by Crippen LogP contribution is 2.31. The van der Waals surface area contributed by atoms with Gasteiger partial charge in [0.2, 0.25) is 0 Å². The predicted octanol–water partition coefficient (Wildman–Crippen LogP) is 5.12. The summed E-state index contributed by atoms with van der Waals surface area (Å²) in [5, 5.41) is 4.10. The zero-order valence-corrected chi connectivity index (χ0v) is 14.4. The van der Waals surface area contributed by atoms with E-state index in [2.05, 4.69) is 15.3 Å². The lowest BCUT2D eigenvalue weighted by Gasteiger charge is -2.01. The molecule has 0 spiro atoms. The average molecular weight is 360 g/mol. The number of nitrogens with one attached hydrogen (secondary N) is 1. The first kappa shape index (κ1) is 14.6. The molecule has 4 rings (SSSR count). The number of halogens is 1. The number of anilines is 1. The second kappa shape index (κ2) is 5.56. The Kier molecular flexibility index (Phi) is 3.52. The lowest BCUT2D eigenvalue weighted by molar-refractivity contribution is 0.102. The molecule has 0 aliphatic heterocycles. The molecule has 2 heterocycles. The van der Waals surface area contributed by atoms with Crippen LogP contribution in [0.3, 0.4) is 0 Å². The van der Waals surface area contributed by atoms with Crippen LogP contribution in [0, 0.1) is 6.92 Å². The van der Waals surface area contributed by atoms with Crippen molar-refractivity contribution in [2.75, 3.05) is 5.32 Å². The molecular formula is C16H10ClN3OS2. The molecule has 4 aromatic rings. The lowest BCUT2D eigenvalue weighted by atomic mass is 10.2. The topological polar surface area (TPSA) is 54.9 Å². The summed E-state index contributed by atoms with van der Waals surface area (Å²) in [6.07, 6.45) is 0. The minimum absolute atomic E-state index is 0.178. The molecule has 1 amide bonds. The Labute approximate surface area is 144 Å². The first-order chi connectivity index (χ1) is 11.1. The van der Waals surface area contributed by atoms with E-state index < -0.39 is 0 Å². The van der Waals surface area contributed by atoms with Crippen molar-refractivity contribution in [2.24, 2.45) is 0 Å². The molecule has 23 heavy (non-hydrogen) atoms. The Morgan fingerprint density at radius 3 is 2.96 bits per heavy atom. The van der Waals surface area contributed by atoms with E-state index in [1.165, 1.54) is 22.7 Å². The highest BCUT2D eigenvalue weighted by molar-refractivity contribution is 7.22. The number of thiazole rings is 2. The number of fused-ring (bicyclic) bond motifs is 2. The third-order valence-electron chi connectivity index (χ3n) is 3.46. The van der Waals surface area contributed by atoms with Crippen LogP contribution in [0.2, 0.25) is 5.02 Å². The normalized spacial score (nSPS) is 11.2. The number of carbonyl (C=O) groups excluding carboxylic acids is 1. The standard InChI is InChI=1S/C16H10ClN3OS2/c1-8-4-10(17)6-13-14(8)19-16(23-13)20-15(21)9-2-3-11-12(5-9)22-7-18-11/h2-7H,1H3,(H,19,20,21). The maximum atomic E-state index is 12.4. The number of aryl methyl sites for hydroxylation is 1. The number of aromatic nitrogens is 2. The van der Waals surface area contributed by atoms with E-state index in [0.29, 0.717) is 15.7 Å².